The molecule has 0 N–H and O–H groups in total. The second-order valence-electron chi connectivity index (χ2n) is 6.05. The number of halogens is 4. The number of pyridine rings is 2. The van der Waals surface area contributed by atoms with Gasteiger partial charge in [-0.2, -0.15) is 13.8 Å². The van der Waals surface area contributed by atoms with Crippen LogP contribution in [0.15, 0.2) is 72.8 Å². The zero-order chi connectivity index (χ0) is 19.7. The molecule has 0 saturated carbocycles. The Bertz CT molecular complexity index is 1060. The molecule has 2 aromatic heterocycles. The highest BCUT2D eigenvalue weighted by Gasteiger charge is 2.23. The summed E-state index contributed by atoms with van der Waals surface area (Å²) in [5.41, 5.74) is 1.35. The summed E-state index contributed by atoms with van der Waals surface area (Å²) in [5.74, 6) is -6.51. The number of benzene rings is 2. The molecule has 2 nitrogen and oxygen atoms in total. The number of rotatable bonds is 3. The van der Waals surface area contributed by atoms with Crippen molar-refractivity contribution in [3.05, 3.63) is 96.3 Å². The predicted molar refractivity (Wildman–Crippen MR) is 98.2 cm³/mol. The van der Waals surface area contributed by atoms with E-state index in [4.69, 9.17) is 0 Å². The molecule has 2 aromatic carbocycles. The lowest BCUT2D eigenvalue weighted by molar-refractivity contribution is 0.410. The standard InChI is InChI=1S/C22H12F4N2/c23-19-18(20(24)22(26)28-21(19)25)15-11-16(13-7-3-1-4-8-13)27-17(12-15)14-9-5-2-6-10-14/h1-12H. The highest BCUT2D eigenvalue weighted by atomic mass is 19.2. The van der Waals surface area contributed by atoms with Crippen molar-refractivity contribution in [1.29, 1.82) is 0 Å². The topological polar surface area (TPSA) is 25.8 Å². The van der Waals surface area contributed by atoms with Gasteiger partial charge in [-0.25, -0.2) is 13.8 Å². The van der Waals surface area contributed by atoms with Crippen molar-refractivity contribution in [2.45, 2.75) is 0 Å². The monoisotopic (exact) mass is 380 g/mol. The Balaban J connectivity index is 2.01. The van der Waals surface area contributed by atoms with Gasteiger partial charge in [-0.05, 0) is 17.7 Å². The third-order valence-corrected chi connectivity index (χ3v) is 4.25. The van der Waals surface area contributed by atoms with Crippen LogP contribution in [-0.4, -0.2) is 9.97 Å². The van der Waals surface area contributed by atoms with Gasteiger partial charge in [0.05, 0.1) is 17.0 Å². The van der Waals surface area contributed by atoms with Crippen molar-refractivity contribution in [2.75, 3.05) is 0 Å². The fourth-order valence-corrected chi connectivity index (χ4v) is 2.93. The van der Waals surface area contributed by atoms with E-state index in [1.54, 1.807) is 48.5 Å². The minimum Gasteiger partial charge on any atom is -0.248 e. The molecular formula is C22H12F4N2. The predicted octanol–water partition coefficient (Wildman–Crippen LogP) is 6.03. The molecule has 0 bridgehead atoms. The van der Waals surface area contributed by atoms with Gasteiger partial charge in [0, 0.05) is 11.1 Å². The summed E-state index contributed by atoms with van der Waals surface area (Å²) in [6.45, 7) is 0. The summed E-state index contributed by atoms with van der Waals surface area (Å²) in [5, 5.41) is 0. The highest BCUT2D eigenvalue weighted by Crippen LogP contribution is 2.33. The Morgan fingerprint density at radius 2 is 0.929 bits per heavy atom. The molecular weight excluding hydrogens is 368 g/mol. The minimum absolute atomic E-state index is 0.0390. The average molecular weight is 380 g/mol. The van der Waals surface area contributed by atoms with Crippen LogP contribution >= 0.6 is 0 Å². The summed E-state index contributed by atoms with van der Waals surface area (Å²) < 4.78 is 56.0. The first-order chi connectivity index (χ1) is 13.5. The summed E-state index contributed by atoms with van der Waals surface area (Å²) in [4.78, 5) is 7.18. The molecule has 0 aliphatic heterocycles. The third kappa shape index (κ3) is 3.24. The van der Waals surface area contributed by atoms with Crippen molar-refractivity contribution in [2.24, 2.45) is 0 Å². The molecule has 138 valence electrons. The molecule has 2 heterocycles. The number of nitrogens with zero attached hydrogens (tertiary/aromatic N) is 2. The van der Waals surface area contributed by atoms with Crippen LogP contribution < -0.4 is 0 Å². The van der Waals surface area contributed by atoms with Crippen molar-refractivity contribution < 1.29 is 17.6 Å². The SMILES string of the molecule is Fc1nc(F)c(F)c(-c2cc(-c3ccccc3)nc(-c3ccccc3)c2)c1F. The molecule has 0 fully saturated rings. The first kappa shape index (κ1) is 17.9. The van der Waals surface area contributed by atoms with Crippen LogP contribution in [-0.2, 0) is 0 Å². The van der Waals surface area contributed by atoms with E-state index >= 15 is 0 Å². The van der Waals surface area contributed by atoms with E-state index in [1.807, 2.05) is 12.1 Å². The molecule has 4 aromatic rings. The van der Waals surface area contributed by atoms with Gasteiger partial charge in [0.2, 0.25) is 0 Å². The van der Waals surface area contributed by atoms with Gasteiger partial charge in [0.1, 0.15) is 0 Å². The van der Waals surface area contributed by atoms with Gasteiger partial charge in [0.15, 0.2) is 11.6 Å². The normalized spacial score (nSPS) is 10.9. The van der Waals surface area contributed by atoms with Crippen molar-refractivity contribution in [3.63, 3.8) is 0 Å². The first-order valence-electron chi connectivity index (χ1n) is 8.38. The van der Waals surface area contributed by atoms with Crippen LogP contribution in [0.2, 0.25) is 0 Å². The first-order valence-corrected chi connectivity index (χ1v) is 8.38. The van der Waals surface area contributed by atoms with Crippen LogP contribution in [0.4, 0.5) is 17.6 Å². The van der Waals surface area contributed by atoms with Crippen molar-refractivity contribution in [3.8, 4) is 33.6 Å². The summed E-state index contributed by atoms with van der Waals surface area (Å²) in [6, 6.07) is 20.7. The van der Waals surface area contributed by atoms with Crippen molar-refractivity contribution >= 4 is 0 Å². The summed E-state index contributed by atoms with van der Waals surface area (Å²) >= 11 is 0. The number of aromatic nitrogens is 2. The van der Waals surface area contributed by atoms with E-state index < -0.39 is 29.1 Å². The van der Waals surface area contributed by atoms with Gasteiger partial charge >= 0.3 is 0 Å². The molecule has 0 unspecified atom stereocenters. The Kier molecular flexibility index (Phi) is 4.61. The minimum atomic E-state index is -1.70. The molecule has 0 aliphatic carbocycles. The maximum Gasteiger partial charge on any atom is 0.252 e. The zero-order valence-electron chi connectivity index (χ0n) is 14.3. The molecule has 0 atom stereocenters. The molecule has 0 spiro atoms. The largest absolute Gasteiger partial charge is 0.252 e. The fourth-order valence-electron chi connectivity index (χ4n) is 2.93. The second kappa shape index (κ2) is 7.23. The van der Waals surface area contributed by atoms with E-state index in [0.717, 1.165) is 0 Å². The summed E-state index contributed by atoms with van der Waals surface area (Å²) in [6.07, 6.45) is 0. The van der Waals surface area contributed by atoms with Gasteiger partial charge in [-0.1, -0.05) is 60.7 Å². The zero-order valence-corrected chi connectivity index (χ0v) is 14.3. The van der Waals surface area contributed by atoms with E-state index in [9.17, 15) is 17.6 Å². The molecule has 0 aliphatic rings. The van der Waals surface area contributed by atoms with Crippen LogP contribution in [0.3, 0.4) is 0 Å². The van der Waals surface area contributed by atoms with Crippen LogP contribution in [0, 0.1) is 23.5 Å². The number of hydrogen-bond acceptors (Lipinski definition) is 2. The Labute approximate surface area is 158 Å². The van der Waals surface area contributed by atoms with Crippen LogP contribution in [0.1, 0.15) is 0 Å². The Morgan fingerprint density at radius 3 is 1.36 bits per heavy atom. The Morgan fingerprint density at radius 1 is 0.500 bits per heavy atom. The molecule has 6 heteroatoms. The molecule has 0 radical (unpaired) electrons. The number of hydrogen-bond donors (Lipinski definition) is 0. The second-order valence-corrected chi connectivity index (χ2v) is 6.05. The van der Waals surface area contributed by atoms with Gasteiger partial charge in [-0.3, -0.25) is 0 Å². The maximum atomic E-state index is 14.3. The van der Waals surface area contributed by atoms with Crippen LogP contribution in [0.25, 0.3) is 33.6 Å². The van der Waals surface area contributed by atoms with Crippen molar-refractivity contribution in [1.82, 2.24) is 9.97 Å². The Hall–Kier alpha value is -3.54. The lowest BCUT2D eigenvalue weighted by Gasteiger charge is -2.12. The lowest BCUT2D eigenvalue weighted by atomic mass is 10.00. The highest BCUT2D eigenvalue weighted by molar-refractivity contribution is 5.77. The molecule has 0 amide bonds. The summed E-state index contributed by atoms with van der Waals surface area (Å²) in [7, 11) is 0. The maximum absolute atomic E-state index is 14.3. The van der Waals surface area contributed by atoms with E-state index in [2.05, 4.69) is 9.97 Å². The average Bonchev–Trinajstić information content (AvgIpc) is 2.74. The van der Waals surface area contributed by atoms with Gasteiger partial charge < -0.3 is 0 Å². The fraction of sp³-hybridized carbons (Fsp3) is 0. The van der Waals surface area contributed by atoms with Crippen LogP contribution in [0.5, 0.6) is 0 Å². The molecule has 0 saturated heterocycles. The molecule has 28 heavy (non-hydrogen) atoms. The third-order valence-electron chi connectivity index (χ3n) is 4.25. The lowest BCUT2D eigenvalue weighted by Crippen LogP contribution is -2.03. The quantitative estimate of drug-likeness (QED) is 0.320. The van der Waals surface area contributed by atoms with E-state index in [-0.39, 0.29) is 5.56 Å². The van der Waals surface area contributed by atoms with Gasteiger partial charge in [0.25, 0.3) is 11.9 Å². The van der Waals surface area contributed by atoms with E-state index in [1.165, 1.54) is 12.1 Å². The van der Waals surface area contributed by atoms with E-state index in [0.29, 0.717) is 22.5 Å². The van der Waals surface area contributed by atoms with Gasteiger partial charge in [-0.15, -0.1) is 0 Å². The molecule has 4 rings (SSSR count). The smallest absolute Gasteiger partial charge is 0.248 e.